The molecular weight excluding hydrogens is 184 g/mol. The molecule has 0 aromatic rings. The van der Waals surface area contributed by atoms with Gasteiger partial charge in [0.25, 0.3) is 0 Å². The molecule has 1 saturated carbocycles. The molecule has 0 amide bonds. The van der Waals surface area contributed by atoms with Gasteiger partial charge in [-0.05, 0) is 47.6 Å². The quantitative estimate of drug-likeness (QED) is 0.770. The summed E-state index contributed by atoms with van der Waals surface area (Å²) in [5, 5.41) is 3.58. The average Bonchev–Trinajstić information content (AvgIpc) is 2.64. The molecule has 0 heterocycles. The van der Waals surface area contributed by atoms with Gasteiger partial charge in [0.15, 0.2) is 0 Å². The number of nitrogens with one attached hydrogen (secondary N) is 1. The number of likely N-dealkylation sites (N-methyl/N-ethyl adjacent to an activating group) is 1. The summed E-state index contributed by atoms with van der Waals surface area (Å²) in [5.74, 6) is 0. The second-order valence-electron chi connectivity index (χ2n) is 6.08. The molecule has 1 atom stereocenters. The molecule has 90 valence electrons. The van der Waals surface area contributed by atoms with Crippen LogP contribution in [0.4, 0.5) is 0 Å². The Bertz CT molecular complexity index is 177. The molecule has 1 aliphatic rings. The van der Waals surface area contributed by atoms with Crippen LogP contribution in [-0.4, -0.2) is 36.1 Å². The van der Waals surface area contributed by atoms with Gasteiger partial charge in [-0.15, -0.1) is 0 Å². The molecule has 2 nitrogen and oxygen atoms in total. The summed E-state index contributed by atoms with van der Waals surface area (Å²) in [6, 6.07) is 1.48. The van der Waals surface area contributed by atoms with E-state index in [2.05, 4.69) is 45.0 Å². The Morgan fingerprint density at radius 3 is 2.27 bits per heavy atom. The van der Waals surface area contributed by atoms with Gasteiger partial charge in [-0.3, -0.25) is 4.90 Å². The number of nitrogens with zero attached hydrogens (tertiary/aromatic N) is 1. The highest BCUT2D eigenvalue weighted by molar-refractivity contribution is 4.81. The van der Waals surface area contributed by atoms with E-state index in [1.54, 1.807) is 0 Å². The Morgan fingerprint density at radius 2 is 1.80 bits per heavy atom. The van der Waals surface area contributed by atoms with Gasteiger partial charge in [0, 0.05) is 24.2 Å². The fourth-order valence-electron chi connectivity index (χ4n) is 2.27. The Hall–Kier alpha value is -0.0800. The van der Waals surface area contributed by atoms with Gasteiger partial charge in [-0.25, -0.2) is 0 Å². The van der Waals surface area contributed by atoms with Gasteiger partial charge in [0.05, 0.1) is 0 Å². The summed E-state index contributed by atoms with van der Waals surface area (Å²) in [7, 11) is 2.28. The van der Waals surface area contributed by atoms with Gasteiger partial charge in [0.2, 0.25) is 0 Å². The zero-order chi connectivity index (χ0) is 11.5. The van der Waals surface area contributed by atoms with Crippen molar-refractivity contribution >= 4 is 0 Å². The van der Waals surface area contributed by atoms with Crippen LogP contribution in [-0.2, 0) is 0 Å². The Labute approximate surface area is 95.4 Å². The fraction of sp³-hybridized carbons (Fsp3) is 1.00. The van der Waals surface area contributed by atoms with Gasteiger partial charge in [-0.1, -0.05) is 12.8 Å². The summed E-state index contributed by atoms with van der Waals surface area (Å²) in [6.45, 7) is 10.1. The lowest BCUT2D eigenvalue weighted by Gasteiger charge is -2.33. The van der Waals surface area contributed by atoms with Crippen molar-refractivity contribution in [3.63, 3.8) is 0 Å². The highest BCUT2D eigenvalue weighted by Crippen LogP contribution is 2.23. The van der Waals surface area contributed by atoms with Crippen LogP contribution in [0, 0.1) is 0 Å². The highest BCUT2D eigenvalue weighted by atomic mass is 15.2. The number of rotatable bonds is 4. The van der Waals surface area contributed by atoms with Crippen LogP contribution in [0.3, 0.4) is 0 Å². The van der Waals surface area contributed by atoms with E-state index < -0.39 is 0 Å². The molecule has 0 radical (unpaired) electrons. The third-order valence-electron chi connectivity index (χ3n) is 3.52. The molecule has 0 aromatic carbocycles. The molecule has 1 unspecified atom stereocenters. The molecule has 0 aliphatic heterocycles. The minimum absolute atomic E-state index is 0.241. The maximum atomic E-state index is 3.58. The van der Waals surface area contributed by atoms with Crippen molar-refractivity contribution < 1.29 is 0 Å². The number of hydrogen-bond acceptors (Lipinski definition) is 2. The minimum Gasteiger partial charge on any atom is -0.311 e. The van der Waals surface area contributed by atoms with Crippen LogP contribution < -0.4 is 5.32 Å². The minimum atomic E-state index is 0.241. The largest absolute Gasteiger partial charge is 0.311 e. The van der Waals surface area contributed by atoms with Crippen molar-refractivity contribution in [1.82, 2.24) is 10.2 Å². The normalized spacial score (nSPS) is 21.2. The average molecular weight is 212 g/mol. The van der Waals surface area contributed by atoms with Crippen molar-refractivity contribution in [2.45, 2.75) is 71.0 Å². The SMILES string of the molecule is CC(CNC(C)(C)C)N(C)C1CCCC1. The lowest BCUT2D eigenvalue weighted by Crippen LogP contribution is -2.47. The number of hydrogen-bond donors (Lipinski definition) is 1. The monoisotopic (exact) mass is 212 g/mol. The standard InChI is InChI=1S/C13H28N2/c1-11(10-14-13(2,3)4)15(5)12-8-6-7-9-12/h11-12,14H,6-10H2,1-5H3. The van der Waals surface area contributed by atoms with Crippen molar-refractivity contribution in [2.24, 2.45) is 0 Å². The summed E-state index contributed by atoms with van der Waals surface area (Å²) in [6.07, 6.45) is 5.65. The summed E-state index contributed by atoms with van der Waals surface area (Å²) in [5.41, 5.74) is 0.241. The van der Waals surface area contributed by atoms with E-state index in [0.29, 0.717) is 6.04 Å². The van der Waals surface area contributed by atoms with Gasteiger partial charge in [-0.2, -0.15) is 0 Å². The maximum Gasteiger partial charge on any atom is 0.0192 e. The van der Waals surface area contributed by atoms with Crippen LogP contribution in [0.25, 0.3) is 0 Å². The first-order valence-electron chi connectivity index (χ1n) is 6.37. The van der Waals surface area contributed by atoms with Crippen LogP contribution in [0.5, 0.6) is 0 Å². The third-order valence-corrected chi connectivity index (χ3v) is 3.52. The van der Waals surface area contributed by atoms with E-state index in [9.17, 15) is 0 Å². The highest BCUT2D eigenvalue weighted by Gasteiger charge is 2.23. The molecule has 0 saturated heterocycles. The molecule has 1 aliphatic carbocycles. The predicted octanol–water partition coefficient (Wildman–Crippen LogP) is 2.64. The summed E-state index contributed by atoms with van der Waals surface area (Å²) in [4.78, 5) is 2.56. The molecule has 0 spiro atoms. The predicted molar refractivity (Wildman–Crippen MR) is 67.2 cm³/mol. The topological polar surface area (TPSA) is 15.3 Å². The molecule has 1 rings (SSSR count). The lowest BCUT2D eigenvalue weighted by molar-refractivity contribution is 0.175. The Kier molecular flexibility index (Phi) is 4.60. The second kappa shape index (κ2) is 5.31. The zero-order valence-corrected chi connectivity index (χ0v) is 11.1. The molecule has 0 aromatic heterocycles. The Balaban J connectivity index is 2.29. The molecular formula is C13H28N2. The first-order chi connectivity index (χ1) is 6.90. The molecule has 0 bridgehead atoms. The van der Waals surface area contributed by atoms with Gasteiger partial charge >= 0.3 is 0 Å². The first kappa shape index (κ1) is 13.0. The summed E-state index contributed by atoms with van der Waals surface area (Å²) < 4.78 is 0. The van der Waals surface area contributed by atoms with Gasteiger partial charge in [0.1, 0.15) is 0 Å². The van der Waals surface area contributed by atoms with E-state index in [1.807, 2.05) is 0 Å². The second-order valence-corrected chi connectivity index (χ2v) is 6.08. The van der Waals surface area contributed by atoms with Crippen LogP contribution in [0.1, 0.15) is 53.4 Å². The maximum absolute atomic E-state index is 3.58. The zero-order valence-electron chi connectivity index (χ0n) is 11.1. The molecule has 1 N–H and O–H groups in total. The first-order valence-corrected chi connectivity index (χ1v) is 6.37. The van der Waals surface area contributed by atoms with Crippen molar-refractivity contribution in [1.29, 1.82) is 0 Å². The Morgan fingerprint density at radius 1 is 1.27 bits per heavy atom. The molecule has 15 heavy (non-hydrogen) atoms. The van der Waals surface area contributed by atoms with Crippen LogP contribution in [0.15, 0.2) is 0 Å². The van der Waals surface area contributed by atoms with E-state index in [0.717, 1.165) is 12.6 Å². The van der Waals surface area contributed by atoms with Crippen LogP contribution in [0.2, 0.25) is 0 Å². The molecule has 1 fully saturated rings. The van der Waals surface area contributed by atoms with Crippen molar-refractivity contribution in [2.75, 3.05) is 13.6 Å². The van der Waals surface area contributed by atoms with Crippen molar-refractivity contribution in [3.05, 3.63) is 0 Å². The fourth-order valence-corrected chi connectivity index (χ4v) is 2.27. The lowest BCUT2D eigenvalue weighted by atomic mass is 10.1. The van der Waals surface area contributed by atoms with Crippen LogP contribution >= 0.6 is 0 Å². The third kappa shape index (κ3) is 4.52. The van der Waals surface area contributed by atoms with E-state index >= 15 is 0 Å². The van der Waals surface area contributed by atoms with E-state index in [4.69, 9.17) is 0 Å². The smallest absolute Gasteiger partial charge is 0.0192 e. The van der Waals surface area contributed by atoms with Gasteiger partial charge < -0.3 is 5.32 Å². The molecule has 2 heteroatoms. The van der Waals surface area contributed by atoms with E-state index in [-0.39, 0.29) is 5.54 Å². The summed E-state index contributed by atoms with van der Waals surface area (Å²) >= 11 is 0. The van der Waals surface area contributed by atoms with E-state index in [1.165, 1.54) is 25.7 Å². The van der Waals surface area contributed by atoms with Crippen molar-refractivity contribution in [3.8, 4) is 0 Å².